The van der Waals surface area contributed by atoms with Crippen LogP contribution in [0.2, 0.25) is 0 Å². The fourth-order valence-electron chi connectivity index (χ4n) is 5.33. The zero-order valence-corrected chi connectivity index (χ0v) is 27.8. The van der Waals surface area contributed by atoms with E-state index in [2.05, 4.69) is 32.6 Å². The summed E-state index contributed by atoms with van der Waals surface area (Å²) in [7, 11) is 0. The maximum atomic E-state index is 12.3. The Morgan fingerprint density at radius 2 is 0.976 bits per heavy atom. The molecule has 0 rings (SSSR count). The number of aliphatic hydroxyl groups is 1. The van der Waals surface area contributed by atoms with Gasteiger partial charge in [0.25, 0.3) is 0 Å². The largest absolute Gasteiger partial charge is 0.462 e. The molecule has 0 aromatic carbocycles. The maximum Gasteiger partial charge on any atom is 0.306 e. The van der Waals surface area contributed by atoms with Crippen LogP contribution in [0, 0.1) is 0 Å². The van der Waals surface area contributed by atoms with Gasteiger partial charge in [-0.25, -0.2) is 0 Å². The van der Waals surface area contributed by atoms with Crippen molar-refractivity contribution in [2.75, 3.05) is 26.2 Å². The van der Waals surface area contributed by atoms with Crippen molar-refractivity contribution in [2.24, 2.45) is 0 Å². The molecular formula is C35H69NO5. The van der Waals surface area contributed by atoms with Crippen molar-refractivity contribution in [3.63, 3.8) is 0 Å². The second-order valence-electron chi connectivity index (χ2n) is 12.0. The third-order valence-corrected chi connectivity index (χ3v) is 8.07. The van der Waals surface area contributed by atoms with Gasteiger partial charge < -0.3 is 19.5 Å². The quantitative estimate of drug-likeness (QED) is 0.0648. The van der Waals surface area contributed by atoms with Crippen LogP contribution in [-0.4, -0.2) is 60.4 Å². The van der Waals surface area contributed by atoms with E-state index in [1.807, 2.05) is 0 Å². The topological polar surface area (TPSA) is 76.1 Å². The highest BCUT2D eigenvalue weighted by Crippen LogP contribution is 2.16. The average Bonchev–Trinajstić information content (AvgIpc) is 2.96. The minimum absolute atomic E-state index is 0.0100. The highest BCUT2D eigenvalue weighted by atomic mass is 16.5. The third kappa shape index (κ3) is 26.2. The molecule has 0 radical (unpaired) electrons. The predicted molar refractivity (Wildman–Crippen MR) is 172 cm³/mol. The average molecular weight is 584 g/mol. The molecule has 1 N–H and O–H groups in total. The normalized spacial score (nSPS) is 12.9. The fourth-order valence-corrected chi connectivity index (χ4v) is 5.33. The van der Waals surface area contributed by atoms with E-state index in [0.29, 0.717) is 12.8 Å². The molecule has 0 saturated carbocycles. The Balaban J connectivity index is 3.87. The van der Waals surface area contributed by atoms with Gasteiger partial charge >= 0.3 is 11.9 Å². The summed E-state index contributed by atoms with van der Waals surface area (Å²) in [4.78, 5) is 26.8. The van der Waals surface area contributed by atoms with Crippen molar-refractivity contribution in [1.29, 1.82) is 0 Å². The molecular weight excluding hydrogens is 514 g/mol. The van der Waals surface area contributed by atoms with Crippen LogP contribution in [0.25, 0.3) is 0 Å². The molecule has 0 aliphatic heterocycles. The molecule has 2 atom stereocenters. The van der Waals surface area contributed by atoms with Gasteiger partial charge in [0.2, 0.25) is 0 Å². The summed E-state index contributed by atoms with van der Waals surface area (Å²) in [6.07, 6.45) is 24.2. The van der Waals surface area contributed by atoms with Crippen molar-refractivity contribution in [1.82, 2.24) is 4.90 Å². The van der Waals surface area contributed by atoms with E-state index in [0.717, 1.165) is 129 Å². The summed E-state index contributed by atoms with van der Waals surface area (Å²) >= 11 is 0. The lowest BCUT2D eigenvalue weighted by Gasteiger charge is -2.21. The Hall–Kier alpha value is -1.14. The molecule has 0 saturated heterocycles. The first-order valence-electron chi connectivity index (χ1n) is 17.7. The highest BCUT2D eigenvalue weighted by Gasteiger charge is 2.14. The fraction of sp³-hybridized carbons (Fsp3) is 0.943. The van der Waals surface area contributed by atoms with Gasteiger partial charge in [-0.15, -0.1) is 0 Å². The molecule has 6 heteroatoms. The Labute approximate surface area is 254 Å². The number of hydrogen-bond donors (Lipinski definition) is 1. The number of carbonyl (C=O) groups excluding carboxylic acids is 2. The maximum absolute atomic E-state index is 12.3. The summed E-state index contributed by atoms with van der Waals surface area (Å²) in [6.45, 7) is 11.7. The number of rotatable bonds is 31. The predicted octanol–water partition coefficient (Wildman–Crippen LogP) is 9.16. The van der Waals surface area contributed by atoms with Gasteiger partial charge in [0, 0.05) is 19.4 Å². The number of carbonyl (C=O) groups is 2. The lowest BCUT2D eigenvalue weighted by molar-refractivity contribution is -0.150. The number of ether oxygens (including phenoxy) is 2. The van der Waals surface area contributed by atoms with Gasteiger partial charge in [0.1, 0.15) is 12.2 Å². The van der Waals surface area contributed by atoms with Gasteiger partial charge in [-0.2, -0.15) is 0 Å². The SMILES string of the molecule is CCCCCC(CCCC)OC(=O)CCCCCCCN(CCO)CCCCCCCC(=O)OC(CC)CCCC. The van der Waals surface area contributed by atoms with Crippen molar-refractivity contribution in [3.8, 4) is 0 Å². The van der Waals surface area contributed by atoms with Crippen molar-refractivity contribution in [2.45, 2.75) is 188 Å². The van der Waals surface area contributed by atoms with Crippen LogP contribution in [0.3, 0.4) is 0 Å². The lowest BCUT2D eigenvalue weighted by atomic mass is 10.1. The van der Waals surface area contributed by atoms with E-state index in [9.17, 15) is 14.7 Å². The number of aliphatic hydroxyl groups excluding tert-OH is 1. The van der Waals surface area contributed by atoms with Crippen molar-refractivity contribution >= 4 is 11.9 Å². The molecule has 0 bridgehead atoms. The zero-order valence-electron chi connectivity index (χ0n) is 27.8. The van der Waals surface area contributed by atoms with Crippen LogP contribution in [0.4, 0.5) is 0 Å². The van der Waals surface area contributed by atoms with Crippen LogP contribution in [0.1, 0.15) is 175 Å². The molecule has 41 heavy (non-hydrogen) atoms. The summed E-state index contributed by atoms with van der Waals surface area (Å²) in [5.74, 6) is -0.0416. The summed E-state index contributed by atoms with van der Waals surface area (Å²) in [6, 6.07) is 0. The summed E-state index contributed by atoms with van der Waals surface area (Å²) < 4.78 is 11.4. The van der Waals surface area contributed by atoms with E-state index in [-0.39, 0.29) is 30.8 Å². The summed E-state index contributed by atoms with van der Waals surface area (Å²) in [5, 5.41) is 9.46. The van der Waals surface area contributed by atoms with E-state index >= 15 is 0 Å². The zero-order chi connectivity index (χ0) is 30.4. The van der Waals surface area contributed by atoms with Crippen LogP contribution in [0.5, 0.6) is 0 Å². The van der Waals surface area contributed by atoms with Crippen molar-refractivity contribution in [3.05, 3.63) is 0 Å². The van der Waals surface area contributed by atoms with Gasteiger partial charge in [-0.1, -0.05) is 105 Å². The van der Waals surface area contributed by atoms with Crippen LogP contribution >= 0.6 is 0 Å². The molecule has 0 aromatic rings. The first-order valence-corrected chi connectivity index (χ1v) is 17.7. The molecule has 0 aliphatic carbocycles. The number of esters is 2. The minimum atomic E-state index is -0.0316. The number of hydrogen-bond acceptors (Lipinski definition) is 6. The number of unbranched alkanes of at least 4 members (excludes halogenated alkanes) is 12. The van der Waals surface area contributed by atoms with E-state index < -0.39 is 0 Å². The van der Waals surface area contributed by atoms with Crippen LogP contribution in [0.15, 0.2) is 0 Å². The molecule has 0 spiro atoms. The van der Waals surface area contributed by atoms with Crippen LogP contribution in [-0.2, 0) is 19.1 Å². The molecule has 2 unspecified atom stereocenters. The Morgan fingerprint density at radius 1 is 0.537 bits per heavy atom. The Morgan fingerprint density at radius 3 is 1.46 bits per heavy atom. The molecule has 0 amide bonds. The van der Waals surface area contributed by atoms with Gasteiger partial charge in [-0.3, -0.25) is 9.59 Å². The summed E-state index contributed by atoms with van der Waals surface area (Å²) in [5.41, 5.74) is 0. The van der Waals surface area contributed by atoms with E-state index in [1.54, 1.807) is 0 Å². The monoisotopic (exact) mass is 584 g/mol. The Kier molecular flexibility index (Phi) is 29.5. The minimum Gasteiger partial charge on any atom is -0.462 e. The van der Waals surface area contributed by atoms with Crippen LogP contribution < -0.4 is 0 Å². The van der Waals surface area contributed by atoms with Gasteiger partial charge in [0.05, 0.1) is 6.61 Å². The van der Waals surface area contributed by atoms with Gasteiger partial charge in [-0.05, 0) is 70.9 Å². The molecule has 0 aromatic heterocycles. The van der Waals surface area contributed by atoms with Gasteiger partial charge in [0.15, 0.2) is 0 Å². The standard InChI is InChI=1S/C35H69NO5/c1-5-9-18-25-33(24-11-7-3)41-35(39)27-20-15-13-17-22-29-36(30-31-37)28-21-16-12-14-19-26-34(38)40-32(8-4)23-10-6-2/h32-33,37H,5-31H2,1-4H3. The van der Waals surface area contributed by atoms with Crippen molar-refractivity contribution < 1.29 is 24.2 Å². The second-order valence-corrected chi connectivity index (χ2v) is 12.0. The Bertz CT molecular complexity index is 585. The molecule has 244 valence electrons. The second kappa shape index (κ2) is 30.3. The third-order valence-electron chi connectivity index (χ3n) is 8.07. The molecule has 0 fully saturated rings. The van der Waals surface area contributed by atoms with E-state index in [4.69, 9.17) is 9.47 Å². The first-order chi connectivity index (χ1) is 20.0. The smallest absolute Gasteiger partial charge is 0.306 e. The number of nitrogens with zero attached hydrogens (tertiary/aromatic N) is 1. The highest BCUT2D eigenvalue weighted by molar-refractivity contribution is 5.69. The van der Waals surface area contributed by atoms with E-state index in [1.165, 1.54) is 25.7 Å². The lowest BCUT2D eigenvalue weighted by Crippen LogP contribution is -2.29. The molecule has 0 heterocycles. The first kappa shape index (κ1) is 39.9. The molecule has 0 aliphatic rings. The molecule has 6 nitrogen and oxygen atoms in total.